The van der Waals surface area contributed by atoms with Crippen LogP contribution < -0.4 is 33.6 Å². The van der Waals surface area contributed by atoms with E-state index in [0.717, 1.165) is 32.6 Å². The van der Waals surface area contributed by atoms with E-state index in [1.165, 1.54) is 17.3 Å². The van der Waals surface area contributed by atoms with E-state index in [1.54, 1.807) is 0 Å². The summed E-state index contributed by atoms with van der Waals surface area (Å²) in [6.07, 6.45) is 3.02. The molecular weight excluding hydrogens is 276 g/mol. The smallest absolute Gasteiger partial charge is 0.0254 e. The quantitative estimate of drug-likeness (QED) is 0.311. The van der Waals surface area contributed by atoms with Crippen molar-refractivity contribution in [3.63, 3.8) is 0 Å². The van der Waals surface area contributed by atoms with Crippen molar-refractivity contribution in [1.82, 2.24) is 10.6 Å². The molecule has 22 heavy (non-hydrogen) atoms. The van der Waals surface area contributed by atoms with E-state index in [1.807, 2.05) is 0 Å². The van der Waals surface area contributed by atoms with Crippen LogP contribution in [0.5, 0.6) is 0 Å². The van der Waals surface area contributed by atoms with Crippen LogP contribution in [-0.4, -0.2) is 25.7 Å². The molecule has 1 aromatic carbocycles. The first kappa shape index (κ1) is 18.4. The average molecular weight is 306 g/mol. The fourth-order valence-electron chi connectivity index (χ4n) is 2.08. The summed E-state index contributed by atoms with van der Waals surface area (Å²) in [4.78, 5) is 0. The topological polar surface area (TPSA) is 128 Å². The molecule has 0 fully saturated rings. The third-order valence-corrected chi connectivity index (χ3v) is 3.36. The second-order valence-electron chi connectivity index (χ2n) is 5.47. The van der Waals surface area contributed by atoms with Gasteiger partial charge in [0.2, 0.25) is 0 Å². The Bertz CT molecular complexity index is 429. The Labute approximate surface area is 133 Å². The molecule has 10 N–H and O–H groups in total. The number of nitrogens with two attached hydrogens (primary N) is 4. The van der Waals surface area contributed by atoms with E-state index >= 15 is 0 Å². The Hall–Kier alpha value is -1.60. The average Bonchev–Trinajstić information content (AvgIpc) is 2.53. The minimum absolute atomic E-state index is 0.0224. The monoisotopic (exact) mass is 306 g/mol. The Morgan fingerprint density at radius 1 is 1.09 bits per heavy atom. The highest BCUT2D eigenvalue weighted by Crippen LogP contribution is 2.04. The largest absolute Gasteiger partial charge is 0.403 e. The summed E-state index contributed by atoms with van der Waals surface area (Å²) >= 11 is 0. The van der Waals surface area contributed by atoms with Crippen molar-refractivity contribution >= 4 is 0 Å². The second kappa shape index (κ2) is 11.0. The van der Waals surface area contributed by atoms with Crippen LogP contribution in [0.1, 0.15) is 24.0 Å². The Balaban J connectivity index is 2.23. The molecule has 0 radical (unpaired) electrons. The standard InChI is InChI=1S/C16H30N6/c17-6-1-7-21-10-13-2-4-14(5-3-13)11-22-12-16(20)8-15(19)9-18/h2-5,9,16,21-22H,1,6-8,10-12,17-20H2/b15-9-. The highest BCUT2D eigenvalue weighted by Gasteiger charge is 2.03. The van der Waals surface area contributed by atoms with Gasteiger partial charge in [-0.25, -0.2) is 0 Å². The molecule has 0 spiro atoms. The van der Waals surface area contributed by atoms with E-state index in [4.69, 9.17) is 22.9 Å². The number of hydrogen-bond donors (Lipinski definition) is 6. The summed E-state index contributed by atoms with van der Waals surface area (Å²) in [5.74, 6) is 0. The molecule has 0 aromatic heterocycles. The molecule has 124 valence electrons. The van der Waals surface area contributed by atoms with E-state index in [2.05, 4.69) is 34.9 Å². The Morgan fingerprint density at radius 2 is 1.68 bits per heavy atom. The lowest BCUT2D eigenvalue weighted by atomic mass is 10.1. The Kier molecular flexibility index (Phi) is 9.25. The van der Waals surface area contributed by atoms with Gasteiger partial charge < -0.3 is 33.6 Å². The van der Waals surface area contributed by atoms with E-state index in [-0.39, 0.29) is 6.04 Å². The molecule has 0 aliphatic heterocycles. The SMILES string of the molecule is N/C=C(\N)CC(N)CNCc1ccc(CNCCCN)cc1. The fourth-order valence-corrected chi connectivity index (χ4v) is 2.08. The van der Waals surface area contributed by atoms with Gasteiger partial charge in [0.1, 0.15) is 0 Å². The first-order chi connectivity index (χ1) is 10.7. The molecule has 6 nitrogen and oxygen atoms in total. The zero-order chi connectivity index (χ0) is 16.2. The molecule has 0 aliphatic carbocycles. The molecule has 0 heterocycles. The van der Waals surface area contributed by atoms with Crippen molar-refractivity contribution < 1.29 is 0 Å². The third kappa shape index (κ3) is 7.99. The van der Waals surface area contributed by atoms with Gasteiger partial charge in [-0.05, 0) is 30.6 Å². The molecular formula is C16H30N6. The number of rotatable bonds is 11. The van der Waals surface area contributed by atoms with Crippen LogP contribution in [0.4, 0.5) is 0 Å². The van der Waals surface area contributed by atoms with Gasteiger partial charge in [-0.1, -0.05) is 24.3 Å². The van der Waals surface area contributed by atoms with Crippen LogP contribution in [0, 0.1) is 0 Å². The lowest BCUT2D eigenvalue weighted by Crippen LogP contribution is -2.34. The molecule has 0 aliphatic rings. The molecule has 0 saturated heterocycles. The first-order valence-corrected chi connectivity index (χ1v) is 7.77. The van der Waals surface area contributed by atoms with E-state index in [0.29, 0.717) is 18.7 Å². The Morgan fingerprint density at radius 3 is 2.23 bits per heavy atom. The predicted molar refractivity (Wildman–Crippen MR) is 92.6 cm³/mol. The van der Waals surface area contributed by atoms with Crippen molar-refractivity contribution in [1.29, 1.82) is 0 Å². The normalized spacial score (nSPS) is 13.3. The predicted octanol–water partition coefficient (Wildman–Crippen LogP) is -0.309. The lowest BCUT2D eigenvalue weighted by Gasteiger charge is -2.13. The van der Waals surface area contributed by atoms with Gasteiger partial charge in [0.15, 0.2) is 0 Å². The first-order valence-electron chi connectivity index (χ1n) is 7.77. The molecule has 1 atom stereocenters. The minimum atomic E-state index is -0.0224. The summed E-state index contributed by atoms with van der Waals surface area (Å²) in [7, 11) is 0. The van der Waals surface area contributed by atoms with Crippen molar-refractivity contribution in [3.8, 4) is 0 Å². The fraction of sp³-hybridized carbons (Fsp3) is 0.500. The minimum Gasteiger partial charge on any atom is -0.403 e. The summed E-state index contributed by atoms with van der Waals surface area (Å²) in [5.41, 5.74) is 25.5. The lowest BCUT2D eigenvalue weighted by molar-refractivity contribution is 0.569. The van der Waals surface area contributed by atoms with Gasteiger partial charge in [0.05, 0.1) is 0 Å². The summed E-state index contributed by atoms with van der Waals surface area (Å²) in [6.45, 7) is 4.06. The van der Waals surface area contributed by atoms with Gasteiger partial charge in [-0.15, -0.1) is 0 Å². The number of hydrogen-bond acceptors (Lipinski definition) is 6. The van der Waals surface area contributed by atoms with Gasteiger partial charge >= 0.3 is 0 Å². The van der Waals surface area contributed by atoms with Gasteiger partial charge in [-0.2, -0.15) is 0 Å². The zero-order valence-corrected chi connectivity index (χ0v) is 13.2. The van der Waals surface area contributed by atoms with Crippen LogP contribution in [0.2, 0.25) is 0 Å². The van der Waals surface area contributed by atoms with Crippen LogP contribution in [0.15, 0.2) is 36.2 Å². The van der Waals surface area contributed by atoms with Crippen LogP contribution in [-0.2, 0) is 13.1 Å². The van der Waals surface area contributed by atoms with Crippen molar-refractivity contribution in [2.24, 2.45) is 22.9 Å². The summed E-state index contributed by atoms with van der Waals surface area (Å²) < 4.78 is 0. The second-order valence-corrected chi connectivity index (χ2v) is 5.47. The molecule has 1 unspecified atom stereocenters. The third-order valence-electron chi connectivity index (χ3n) is 3.36. The highest BCUT2D eigenvalue weighted by molar-refractivity contribution is 5.22. The molecule has 6 heteroatoms. The van der Waals surface area contributed by atoms with Gasteiger partial charge in [0.25, 0.3) is 0 Å². The number of benzene rings is 1. The van der Waals surface area contributed by atoms with Crippen LogP contribution in [0.25, 0.3) is 0 Å². The molecule has 1 rings (SSSR count). The maximum atomic E-state index is 5.96. The van der Waals surface area contributed by atoms with Crippen LogP contribution >= 0.6 is 0 Å². The maximum absolute atomic E-state index is 5.96. The number of nitrogens with one attached hydrogen (secondary N) is 2. The summed E-state index contributed by atoms with van der Waals surface area (Å²) in [6, 6.07) is 8.52. The van der Waals surface area contributed by atoms with Crippen molar-refractivity contribution in [2.75, 3.05) is 19.6 Å². The van der Waals surface area contributed by atoms with Crippen molar-refractivity contribution in [2.45, 2.75) is 32.0 Å². The zero-order valence-electron chi connectivity index (χ0n) is 13.2. The maximum Gasteiger partial charge on any atom is 0.0254 e. The summed E-state index contributed by atoms with van der Waals surface area (Å²) in [5, 5.41) is 6.70. The van der Waals surface area contributed by atoms with Crippen LogP contribution in [0.3, 0.4) is 0 Å². The van der Waals surface area contributed by atoms with E-state index < -0.39 is 0 Å². The molecule has 0 saturated carbocycles. The molecule has 0 bridgehead atoms. The van der Waals surface area contributed by atoms with Crippen molar-refractivity contribution in [3.05, 3.63) is 47.3 Å². The van der Waals surface area contributed by atoms with Gasteiger partial charge in [0, 0.05) is 44.0 Å². The molecule has 1 aromatic rings. The highest BCUT2D eigenvalue weighted by atomic mass is 14.9. The van der Waals surface area contributed by atoms with E-state index in [9.17, 15) is 0 Å². The van der Waals surface area contributed by atoms with Gasteiger partial charge in [-0.3, -0.25) is 0 Å². The molecule has 0 amide bonds.